The molecule has 0 radical (unpaired) electrons. The predicted molar refractivity (Wildman–Crippen MR) is 149 cm³/mol. The van der Waals surface area contributed by atoms with Crippen molar-refractivity contribution in [2.45, 2.75) is 63.8 Å². The zero-order chi connectivity index (χ0) is 27.9. The van der Waals surface area contributed by atoms with Gasteiger partial charge in [0, 0.05) is 31.6 Å². The van der Waals surface area contributed by atoms with Gasteiger partial charge in [0.1, 0.15) is 6.04 Å². The molecular weight excluding hydrogens is 514 g/mol. The van der Waals surface area contributed by atoms with Crippen LogP contribution in [0.15, 0.2) is 59.5 Å². The first-order valence-electron chi connectivity index (χ1n) is 13.8. The van der Waals surface area contributed by atoms with Crippen molar-refractivity contribution in [2.24, 2.45) is 10.8 Å². The van der Waals surface area contributed by atoms with Gasteiger partial charge in [-0.3, -0.25) is 9.69 Å². The summed E-state index contributed by atoms with van der Waals surface area (Å²) in [4.78, 5) is 16.1. The lowest BCUT2D eigenvalue weighted by atomic mass is 9.81. The van der Waals surface area contributed by atoms with E-state index in [9.17, 15) is 13.2 Å². The molecule has 1 unspecified atom stereocenters. The Labute approximate surface area is 232 Å². The molecule has 0 saturated carbocycles. The summed E-state index contributed by atoms with van der Waals surface area (Å²) in [6, 6.07) is 16.4. The smallest absolute Gasteiger partial charge is 0.243 e. The van der Waals surface area contributed by atoms with Crippen LogP contribution >= 0.6 is 0 Å². The van der Waals surface area contributed by atoms with Gasteiger partial charge in [-0.1, -0.05) is 68.8 Å². The maximum atomic E-state index is 13.5. The number of ether oxygens (including phenoxy) is 2. The fraction of sp³-hybridized carbons (Fsp3) is 0.567. The Hall–Kier alpha value is -2.30. The van der Waals surface area contributed by atoms with E-state index in [1.54, 1.807) is 24.3 Å². The highest BCUT2D eigenvalue weighted by molar-refractivity contribution is 7.89. The lowest BCUT2D eigenvalue weighted by molar-refractivity contribution is -0.327. The van der Waals surface area contributed by atoms with Crippen LogP contribution in [0.25, 0.3) is 0 Å². The number of rotatable bonds is 7. The van der Waals surface area contributed by atoms with E-state index in [4.69, 9.17) is 9.47 Å². The van der Waals surface area contributed by atoms with E-state index in [-0.39, 0.29) is 16.2 Å². The number of amides is 1. The third-order valence-electron chi connectivity index (χ3n) is 8.35. The number of sulfonamides is 1. The molecule has 0 aromatic heterocycles. The highest BCUT2D eigenvalue weighted by atomic mass is 32.2. The van der Waals surface area contributed by atoms with Gasteiger partial charge >= 0.3 is 0 Å². The Kier molecular flexibility index (Phi) is 7.67. The van der Waals surface area contributed by atoms with Crippen LogP contribution in [-0.2, 0) is 30.8 Å². The van der Waals surface area contributed by atoms with Gasteiger partial charge in [0.25, 0.3) is 0 Å². The van der Waals surface area contributed by atoms with E-state index in [0.717, 1.165) is 12.1 Å². The zero-order valence-corrected chi connectivity index (χ0v) is 24.3. The maximum Gasteiger partial charge on any atom is 0.243 e. The molecule has 2 aromatic rings. The number of benzene rings is 2. The zero-order valence-electron chi connectivity index (χ0n) is 23.5. The lowest BCUT2D eigenvalue weighted by Crippen LogP contribution is -2.60. The molecule has 0 bridgehead atoms. The van der Waals surface area contributed by atoms with Gasteiger partial charge in [-0.2, -0.15) is 4.31 Å². The van der Waals surface area contributed by atoms with Gasteiger partial charge < -0.3 is 14.8 Å². The van der Waals surface area contributed by atoms with Crippen LogP contribution in [0.5, 0.6) is 0 Å². The summed E-state index contributed by atoms with van der Waals surface area (Å²) >= 11 is 0. The highest BCUT2D eigenvalue weighted by Gasteiger charge is 2.60. The molecule has 3 aliphatic rings. The number of nitrogens with one attached hydrogen (secondary N) is 1. The Morgan fingerprint density at radius 3 is 2.33 bits per heavy atom. The standard InChI is InChI=1S/C30H41N3O5S/c1-23-12-14-25(15-13-23)39(35,36)33-16-8-11-26(33)27(34)31-18-29(4)19-32(17-24-9-6-5-7-10-24)20-30(29)37-21-28(2,3)22-38-30/h5-7,9-10,12-15,26H,8,11,16-22H2,1-4H3,(H,31,34)/t26-,29?/m1/s1. The summed E-state index contributed by atoms with van der Waals surface area (Å²) in [5.41, 5.74) is 1.59. The van der Waals surface area contributed by atoms with E-state index in [0.29, 0.717) is 52.2 Å². The third-order valence-corrected chi connectivity index (χ3v) is 10.3. The van der Waals surface area contributed by atoms with E-state index < -0.39 is 27.3 Å². The molecular formula is C30H41N3O5S. The van der Waals surface area contributed by atoms with Crippen molar-refractivity contribution in [3.05, 3.63) is 65.7 Å². The Morgan fingerprint density at radius 1 is 1.00 bits per heavy atom. The van der Waals surface area contributed by atoms with Crippen molar-refractivity contribution in [1.82, 2.24) is 14.5 Å². The van der Waals surface area contributed by atoms with Crippen LogP contribution in [0.4, 0.5) is 0 Å². The van der Waals surface area contributed by atoms with Crippen LogP contribution in [0, 0.1) is 17.8 Å². The van der Waals surface area contributed by atoms with Crippen molar-refractivity contribution in [2.75, 3.05) is 39.4 Å². The normalized spacial score (nSPS) is 27.1. The van der Waals surface area contributed by atoms with Crippen LogP contribution < -0.4 is 5.32 Å². The molecule has 8 nitrogen and oxygen atoms in total. The molecule has 2 aromatic carbocycles. The molecule has 1 N–H and O–H groups in total. The van der Waals surface area contributed by atoms with E-state index >= 15 is 0 Å². The minimum Gasteiger partial charge on any atom is -0.354 e. The summed E-state index contributed by atoms with van der Waals surface area (Å²) in [6.45, 7) is 12.1. The predicted octanol–water partition coefficient (Wildman–Crippen LogP) is 3.56. The molecule has 0 aliphatic carbocycles. The van der Waals surface area contributed by atoms with Crippen LogP contribution in [0.2, 0.25) is 0 Å². The van der Waals surface area contributed by atoms with Crippen molar-refractivity contribution in [3.63, 3.8) is 0 Å². The van der Waals surface area contributed by atoms with Crippen LogP contribution in [-0.4, -0.2) is 74.8 Å². The maximum absolute atomic E-state index is 13.5. The average molecular weight is 556 g/mol. The second-order valence-corrected chi connectivity index (χ2v) is 14.4. The van der Waals surface area contributed by atoms with Gasteiger partial charge in [0.15, 0.2) is 5.79 Å². The fourth-order valence-electron chi connectivity index (χ4n) is 5.98. The first kappa shape index (κ1) is 28.2. The van der Waals surface area contributed by atoms with E-state index in [1.807, 2.05) is 25.1 Å². The molecule has 3 aliphatic heterocycles. The second-order valence-electron chi connectivity index (χ2n) is 12.5. The van der Waals surface area contributed by atoms with E-state index in [2.05, 4.69) is 43.1 Å². The number of nitrogens with zero attached hydrogens (tertiary/aromatic N) is 2. The van der Waals surface area contributed by atoms with Gasteiger partial charge in [-0.05, 0) is 37.5 Å². The molecule has 39 heavy (non-hydrogen) atoms. The van der Waals surface area contributed by atoms with Crippen molar-refractivity contribution < 1.29 is 22.7 Å². The number of hydrogen-bond donors (Lipinski definition) is 1. The van der Waals surface area contributed by atoms with Crippen molar-refractivity contribution >= 4 is 15.9 Å². The number of carbonyl (C=O) groups is 1. The quantitative estimate of drug-likeness (QED) is 0.562. The first-order valence-corrected chi connectivity index (χ1v) is 15.3. The number of likely N-dealkylation sites (tertiary alicyclic amines) is 1. The van der Waals surface area contributed by atoms with Crippen molar-refractivity contribution in [1.29, 1.82) is 0 Å². The fourth-order valence-corrected chi connectivity index (χ4v) is 7.64. The number of aryl methyl sites for hydroxylation is 1. The van der Waals surface area contributed by atoms with Crippen LogP contribution in [0.1, 0.15) is 44.7 Å². The molecule has 9 heteroatoms. The number of hydrogen-bond acceptors (Lipinski definition) is 6. The molecule has 1 spiro atoms. The lowest BCUT2D eigenvalue weighted by Gasteiger charge is -2.48. The summed E-state index contributed by atoms with van der Waals surface area (Å²) in [7, 11) is -3.77. The summed E-state index contributed by atoms with van der Waals surface area (Å²) in [5.74, 6) is -1.12. The molecule has 3 saturated heterocycles. The summed E-state index contributed by atoms with van der Waals surface area (Å²) in [6.07, 6.45) is 1.15. The molecule has 1 amide bonds. The van der Waals surface area contributed by atoms with Crippen molar-refractivity contribution in [3.8, 4) is 0 Å². The van der Waals surface area contributed by atoms with Gasteiger partial charge in [-0.25, -0.2) is 8.42 Å². The number of carbonyl (C=O) groups excluding carboxylic acids is 1. The molecule has 3 heterocycles. The Balaban J connectivity index is 1.32. The second kappa shape index (κ2) is 10.6. The largest absolute Gasteiger partial charge is 0.354 e. The van der Waals surface area contributed by atoms with Gasteiger partial charge in [0.05, 0.1) is 30.1 Å². The third kappa shape index (κ3) is 5.65. The van der Waals surface area contributed by atoms with Gasteiger partial charge in [0.2, 0.25) is 15.9 Å². The SMILES string of the molecule is Cc1ccc(S(=O)(=O)N2CCC[C@@H]2C(=O)NCC2(C)CN(Cc3ccccc3)CC23OCC(C)(C)CO3)cc1. The van der Waals surface area contributed by atoms with Gasteiger partial charge in [-0.15, -0.1) is 0 Å². The Morgan fingerprint density at radius 2 is 1.67 bits per heavy atom. The summed E-state index contributed by atoms with van der Waals surface area (Å²) in [5, 5.41) is 3.11. The first-order chi connectivity index (χ1) is 18.4. The molecule has 2 atom stereocenters. The average Bonchev–Trinajstić information content (AvgIpc) is 3.50. The topological polar surface area (TPSA) is 88.2 Å². The minimum absolute atomic E-state index is 0.0864. The highest BCUT2D eigenvalue weighted by Crippen LogP contribution is 2.47. The molecule has 212 valence electrons. The Bertz CT molecular complexity index is 1270. The summed E-state index contributed by atoms with van der Waals surface area (Å²) < 4.78 is 41.2. The molecule has 3 fully saturated rings. The van der Waals surface area contributed by atoms with E-state index in [1.165, 1.54) is 9.87 Å². The molecule has 5 rings (SSSR count). The van der Waals surface area contributed by atoms with Crippen LogP contribution in [0.3, 0.4) is 0 Å². The minimum atomic E-state index is -3.77. The monoisotopic (exact) mass is 555 g/mol.